The largest absolute Gasteiger partial charge is 0.478 e. The molecule has 1 saturated heterocycles. The van der Waals surface area contributed by atoms with Gasteiger partial charge in [-0.15, -0.1) is 0 Å². The van der Waals surface area contributed by atoms with Gasteiger partial charge in [0.25, 0.3) is 5.91 Å². The van der Waals surface area contributed by atoms with E-state index in [4.69, 9.17) is 9.84 Å². The molecule has 5 nitrogen and oxygen atoms in total. The van der Waals surface area contributed by atoms with Gasteiger partial charge in [0.15, 0.2) is 0 Å². The predicted octanol–water partition coefficient (Wildman–Crippen LogP) is 3.16. The number of carboxylic acid groups (broad SMARTS) is 1. The van der Waals surface area contributed by atoms with E-state index < -0.39 is 5.97 Å². The van der Waals surface area contributed by atoms with Gasteiger partial charge in [0.05, 0.1) is 18.7 Å². The number of aromatic carboxylic acids is 1. The number of aryl methyl sites for hydroxylation is 1. The van der Waals surface area contributed by atoms with Crippen LogP contribution >= 0.6 is 0 Å². The van der Waals surface area contributed by atoms with Crippen molar-refractivity contribution in [2.24, 2.45) is 0 Å². The Bertz CT molecular complexity index is 752. The minimum absolute atomic E-state index is 0.101. The molecule has 0 saturated carbocycles. The third kappa shape index (κ3) is 3.88. The summed E-state index contributed by atoms with van der Waals surface area (Å²) in [4.78, 5) is 25.4. The Labute approximate surface area is 146 Å². The van der Waals surface area contributed by atoms with E-state index in [1.807, 2.05) is 0 Å². The van der Waals surface area contributed by atoms with Crippen LogP contribution in [0.5, 0.6) is 0 Å². The number of carbonyl (C=O) groups is 2. The third-order valence-electron chi connectivity index (χ3n) is 4.49. The lowest BCUT2D eigenvalue weighted by atomic mass is 10.0. The number of carboxylic acids is 1. The number of benzene rings is 2. The van der Waals surface area contributed by atoms with Crippen molar-refractivity contribution < 1.29 is 19.4 Å². The van der Waals surface area contributed by atoms with E-state index in [0.29, 0.717) is 25.3 Å². The highest BCUT2D eigenvalue weighted by Crippen LogP contribution is 2.24. The molecule has 0 spiro atoms. The van der Waals surface area contributed by atoms with Crippen LogP contribution in [-0.4, -0.2) is 41.6 Å². The number of carbonyl (C=O) groups excluding carboxylic acids is 1. The van der Waals surface area contributed by atoms with Crippen molar-refractivity contribution in [3.05, 3.63) is 70.8 Å². The molecule has 1 aliphatic heterocycles. The maximum Gasteiger partial charge on any atom is 0.335 e. The topological polar surface area (TPSA) is 66.8 Å². The highest BCUT2D eigenvalue weighted by Gasteiger charge is 2.26. The first-order valence-corrected chi connectivity index (χ1v) is 8.41. The van der Waals surface area contributed by atoms with Crippen LogP contribution in [0.2, 0.25) is 0 Å². The maximum atomic E-state index is 12.7. The number of nitrogens with zero attached hydrogens (tertiary/aromatic N) is 1. The molecule has 1 N–H and O–H groups in total. The molecule has 1 heterocycles. The first kappa shape index (κ1) is 17.2. The standard InChI is InChI=1S/C20H21NO4/c1-2-14-3-5-15(6-4-14)18-13-21(11-12-25-18)19(22)16-7-9-17(10-8-16)20(23)24/h3-10,18H,2,11-13H2,1H3,(H,23,24). The van der Waals surface area contributed by atoms with Crippen molar-refractivity contribution in [2.45, 2.75) is 19.4 Å². The average molecular weight is 339 g/mol. The smallest absolute Gasteiger partial charge is 0.335 e. The normalized spacial score (nSPS) is 17.3. The first-order valence-electron chi connectivity index (χ1n) is 8.41. The van der Waals surface area contributed by atoms with Crippen molar-refractivity contribution in [1.82, 2.24) is 4.90 Å². The van der Waals surface area contributed by atoms with Crippen LogP contribution in [0.15, 0.2) is 48.5 Å². The van der Waals surface area contributed by atoms with Gasteiger partial charge in [-0.3, -0.25) is 4.79 Å². The van der Waals surface area contributed by atoms with Gasteiger partial charge in [-0.2, -0.15) is 0 Å². The van der Waals surface area contributed by atoms with E-state index >= 15 is 0 Å². The second kappa shape index (κ2) is 7.49. The summed E-state index contributed by atoms with van der Waals surface area (Å²) < 4.78 is 5.83. The summed E-state index contributed by atoms with van der Waals surface area (Å²) >= 11 is 0. The third-order valence-corrected chi connectivity index (χ3v) is 4.49. The molecule has 0 aromatic heterocycles. The van der Waals surface area contributed by atoms with Gasteiger partial charge >= 0.3 is 5.97 Å². The SMILES string of the molecule is CCc1ccc(C2CN(C(=O)c3ccc(C(=O)O)cc3)CCO2)cc1. The molecule has 1 fully saturated rings. The van der Waals surface area contributed by atoms with Gasteiger partial charge in [-0.25, -0.2) is 4.79 Å². The fourth-order valence-corrected chi connectivity index (χ4v) is 2.94. The fourth-order valence-electron chi connectivity index (χ4n) is 2.94. The Morgan fingerprint density at radius 1 is 1.08 bits per heavy atom. The molecule has 0 radical (unpaired) electrons. The zero-order valence-electron chi connectivity index (χ0n) is 14.1. The lowest BCUT2D eigenvalue weighted by Gasteiger charge is -2.33. The summed E-state index contributed by atoms with van der Waals surface area (Å²) in [5.74, 6) is -1.10. The zero-order valence-corrected chi connectivity index (χ0v) is 14.1. The first-order chi connectivity index (χ1) is 12.1. The van der Waals surface area contributed by atoms with E-state index in [0.717, 1.165) is 12.0 Å². The van der Waals surface area contributed by atoms with Gasteiger partial charge in [0.1, 0.15) is 6.10 Å². The van der Waals surface area contributed by atoms with E-state index in [-0.39, 0.29) is 17.6 Å². The van der Waals surface area contributed by atoms with Crippen molar-refractivity contribution in [1.29, 1.82) is 0 Å². The molecule has 1 amide bonds. The lowest BCUT2D eigenvalue weighted by Crippen LogP contribution is -2.42. The molecule has 1 atom stereocenters. The van der Waals surface area contributed by atoms with Crippen LogP contribution < -0.4 is 0 Å². The van der Waals surface area contributed by atoms with Gasteiger partial charge in [0, 0.05) is 12.1 Å². The van der Waals surface area contributed by atoms with Gasteiger partial charge in [-0.1, -0.05) is 31.2 Å². The van der Waals surface area contributed by atoms with Crippen molar-refractivity contribution in [3.63, 3.8) is 0 Å². The van der Waals surface area contributed by atoms with Crippen LogP contribution in [0.1, 0.15) is 44.9 Å². The maximum absolute atomic E-state index is 12.7. The quantitative estimate of drug-likeness (QED) is 0.929. The average Bonchev–Trinajstić information content (AvgIpc) is 2.67. The highest BCUT2D eigenvalue weighted by atomic mass is 16.5. The number of amides is 1. The second-order valence-corrected chi connectivity index (χ2v) is 6.09. The van der Waals surface area contributed by atoms with E-state index in [1.165, 1.54) is 17.7 Å². The van der Waals surface area contributed by atoms with E-state index in [1.54, 1.807) is 17.0 Å². The molecular formula is C20H21NO4. The van der Waals surface area contributed by atoms with Crippen LogP contribution in [0.3, 0.4) is 0 Å². The van der Waals surface area contributed by atoms with Gasteiger partial charge in [-0.05, 0) is 41.8 Å². The second-order valence-electron chi connectivity index (χ2n) is 6.09. The Hall–Kier alpha value is -2.66. The summed E-state index contributed by atoms with van der Waals surface area (Å²) in [5.41, 5.74) is 3.00. The minimum atomic E-state index is -0.999. The Morgan fingerprint density at radius 3 is 2.32 bits per heavy atom. The van der Waals surface area contributed by atoms with Crippen molar-refractivity contribution >= 4 is 11.9 Å². The molecule has 1 unspecified atom stereocenters. The summed E-state index contributed by atoms with van der Waals surface area (Å²) in [6, 6.07) is 14.3. The van der Waals surface area contributed by atoms with Crippen LogP contribution in [0.25, 0.3) is 0 Å². The molecule has 0 bridgehead atoms. The molecule has 1 aliphatic rings. The molecule has 25 heavy (non-hydrogen) atoms. The molecule has 5 heteroatoms. The number of ether oxygens (including phenoxy) is 1. The fraction of sp³-hybridized carbons (Fsp3) is 0.300. The summed E-state index contributed by atoms with van der Waals surface area (Å²) in [7, 11) is 0. The lowest BCUT2D eigenvalue weighted by molar-refractivity contribution is -0.0228. The molecule has 2 aromatic rings. The van der Waals surface area contributed by atoms with Gasteiger partial charge < -0.3 is 14.7 Å². The number of hydrogen-bond acceptors (Lipinski definition) is 3. The Kier molecular flexibility index (Phi) is 5.14. The number of morpholine rings is 1. The zero-order chi connectivity index (χ0) is 17.8. The number of hydrogen-bond donors (Lipinski definition) is 1. The van der Waals surface area contributed by atoms with Gasteiger partial charge in [0.2, 0.25) is 0 Å². The van der Waals surface area contributed by atoms with E-state index in [2.05, 4.69) is 31.2 Å². The van der Waals surface area contributed by atoms with Crippen molar-refractivity contribution in [2.75, 3.05) is 19.7 Å². The van der Waals surface area contributed by atoms with Crippen LogP contribution in [-0.2, 0) is 11.2 Å². The van der Waals surface area contributed by atoms with Crippen LogP contribution in [0.4, 0.5) is 0 Å². The van der Waals surface area contributed by atoms with E-state index in [9.17, 15) is 9.59 Å². The minimum Gasteiger partial charge on any atom is -0.478 e. The number of rotatable bonds is 4. The molecule has 3 rings (SSSR count). The Balaban J connectivity index is 1.71. The van der Waals surface area contributed by atoms with Crippen molar-refractivity contribution in [3.8, 4) is 0 Å². The van der Waals surface area contributed by atoms with Crippen LogP contribution in [0, 0.1) is 0 Å². The summed E-state index contributed by atoms with van der Waals surface area (Å²) in [5, 5.41) is 8.95. The summed E-state index contributed by atoms with van der Waals surface area (Å²) in [6.45, 7) is 3.62. The summed E-state index contributed by atoms with van der Waals surface area (Å²) in [6.07, 6.45) is 0.852. The predicted molar refractivity (Wildman–Crippen MR) is 93.8 cm³/mol. The molecular weight excluding hydrogens is 318 g/mol. The molecule has 0 aliphatic carbocycles. The molecule has 130 valence electrons. The Morgan fingerprint density at radius 2 is 1.72 bits per heavy atom. The molecule has 2 aromatic carbocycles. The monoisotopic (exact) mass is 339 g/mol. The highest BCUT2D eigenvalue weighted by molar-refractivity contribution is 5.96.